The zero-order chi connectivity index (χ0) is 21.0. The molecule has 1 fully saturated rings. The standard InChI is InChI=1S/C22H31N5O2/c1-16-12-17(2)14-18(13-16)24-22(29)21(28)23-15-20(19-6-5-7-26(19)4)27-10-8-25(3)9-11-27/h5-7,12-14,20H,8-11,15H2,1-4H3,(H,23,28)(H,24,29). The second-order valence-corrected chi connectivity index (χ2v) is 7.94. The molecule has 2 N–H and O–H groups in total. The van der Waals surface area contributed by atoms with Crippen LogP contribution in [0.25, 0.3) is 0 Å². The molecule has 2 amide bonds. The second-order valence-electron chi connectivity index (χ2n) is 7.94. The van der Waals surface area contributed by atoms with Gasteiger partial charge in [0, 0.05) is 57.3 Å². The van der Waals surface area contributed by atoms with E-state index in [1.165, 1.54) is 0 Å². The number of carbonyl (C=O) groups is 2. The molecule has 0 aliphatic carbocycles. The first-order chi connectivity index (χ1) is 13.8. The van der Waals surface area contributed by atoms with E-state index in [2.05, 4.69) is 38.1 Å². The lowest BCUT2D eigenvalue weighted by atomic mass is 10.1. The second kappa shape index (κ2) is 9.24. The van der Waals surface area contributed by atoms with Crippen molar-refractivity contribution in [2.24, 2.45) is 7.05 Å². The van der Waals surface area contributed by atoms with Crippen molar-refractivity contribution < 1.29 is 9.59 Å². The average Bonchev–Trinajstić information content (AvgIpc) is 3.08. The van der Waals surface area contributed by atoms with Crippen LogP contribution in [-0.4, -0.2) is 66.0 Å². The fourth-order valence-electron chi connectivity index (χ4n) is 3.88. The fourth-order valence-corrected chi connectivity index (χ4v) is 3.88. The number of piperazine rings is 1. The molecule has 29 heavy (non-hydrogen) atoms. The largest absolute Gasteiger partial charge is 0.353 e. The minimum atomic E-state index is -0.640. The van der Waals surface area contributed by atoms with Gasteiger partial charge in [-0.25, -0.2) is 0 Å². The molecule has 7 heteroatoms. The van der Waals surface area contributed by atoms with E-state index in [0.29, 0.717) is 12.2 Å². The van der Waals surface area contributed by atoms with Crippen molar-refractivity contribution in [3.63, 3.8) is 0 Å². The Hall–Kier alpha value is -2.64. The Labute approximate surface area is 172 Å². The van der Waals surface area contributed by atoms with Crippen LogP contribution in [0.3, 0.4) is 0 Å². The molecule has 0 bridgehead atoms. The highest BCUT2D eigenvalue weighted by Gasteiger charge is 2.26. The summed E-state index contributed by atoms with van der Waals surface area (Å²) in [6, 6.07) is 9.85. The van der Waals surface area contributed by atoms with Gasteiger partial charge in [0.05, 0.1) is 6.04 Å². The molecule has 1 atom stereocenters. The van der Waals surface area contributed by atoms with Gasteiger partial charge in [0.1, 0.15) is 0 Å². The molecule has 0 radical (unpaired) electrons. The zero-order valence-electron chi connectivity index (χ0n) is 17.7. The highest BCUT2D eigenvalue weighted by Crippen LogP contribution is 2.21. The molecule has 2 aromatic rings. The predicted molar refractivity (Wildman–Crippen MR) is 115 cm³/mol. The van der Waals surface area contributed by atoms with Gasteiger partial charge >= 0.3 is 11.8 Å². The Morgan fingerprint density at radius 1 is 1.00 bits per heavy atom. The summed E-state index contributed by atoms with van der Waals surface area (Å²) in [7, 11) is 4.13. The van der Waals surface area contributed by atoms with Gasteiger partial charge in [0.15, 0.2) is 0 Å². The van der Waals surface area contributed by atoms with Crippen molar-refractivity contribution >= 4 is 17.5 Å². The van der Waals surface area contributed by atoms with Crippen LogP contribution in [0.1, 0.15) is 22.9 Å². The Morgan fingerprint density at radius 3 is 2.24 bits per heavy atom. The third-order valence-corrected chi connectivity index (χ3v) is 5.45. The van der Waals surface area contributed by atoms with Crippen molar-refractivity contribution in [2.75, 3.05) is 45.1 Å². The summed E-state index contributed by atoms with van der Waals surface area (Å²) >= 11 is 0. The number of aryl methyl sites for hydroxylation is 3. The Kier molecular flexibility index (Phi) is 6.71. The first kappa shape index (κ1) is 21.1. The number of carbonyl (C=O) groups excluding carboxylic acids is 2. The Bertz CT molecular complexity index is 848. The Morgan fingerprint density at radius 2 is 1.66 bits per heavy atom. The summed E-state index contributed by atoms with van der Waals surface area (Å²) in [4.78, 5) is 29.5. The number of rotatable bonds is 5. The minimum Gasteiger partial charge on any atom is -0.353 e. The highest BCUT2D eigenvalue weighted by molar-refractivity contribution is 6.39. The molecule has 2 heterocycles. The number of likely N-dealkylation sites (N-methyl/N-ethyl adjacent to an activating group) is 1. The molecule has 1 aliphatic heterocycles. The molecule has 7 nitrogen and oxygen atoms in total. The first-order valence-electron chi connectivity index (χ1n) is 10.0. The van der Waals surface area contributed by atoms with Gasteiger partial charge in [-0.15, -0.1) is 0 Å². The number of anilines is 1. The Balaban J connectivity index is 1.64. The van der Waals surface area contributed by atoms with Crippen LogP contribution < -0.4 is 10.6 Å². The van der Waals surface area contributed by atoms with Crippen LogP contribution in [0.5, 0.6) is 0 Å². The lowest BCUT2D eigenvalue weighted by Crippen LogP contribution is -2.49. The van der Waals surface area contributed by atoms with Crippen LogP contribution in [0.4, 0.5) is 5.69 Å². The number of amides is 2. The van der Waals surface area contributed by atoms with Gasteiger partial charge in [-0.05, 0) is 56.3 Å². The van der Waals surface area contributed by atoms with Crippen molar-refractivity contribution in [3.05, 3.63) is 53.3 Å². The van der Waals surface area contributed by atoms with Crippen LogP contribution in [0.2, 0.25) is 0 Å². The summed E-state index contributed by atoms with van der Waals surface area (Å²) in [6.45, 7) is 8.14. The van der Waals surface area contributed by atoms with Crippen molar-refractivity contribution in [2.45, 2.75) is 19.9 Å². The fraction of sp³-hybridized carbons (Fsp3) is 0.455. The van der Waals surface area contributed by atoms with Gasteiger partial charge < -0.3 is 20.1 Å². The summed E-state index contributed by atoms with van der Waals surface area (Å²) in [6.07, 6.45) is 2.01. The third kappa shape index (κ3) is 5.46. The molecule has 1 saturated heterocycles. The molecule has 3 rings (SSSR count). The van der Waals surface area contributed by atoms with E-state index in [0.717, 1.165) is 43.0 Å². The van der Waals surface area contributed by atoms with Crippen LogP contribution in [0.15, 0.2) is 36.5 Å². The zero-order valence-corrected chi connectivity index (χ0v) is 17.7. The maximum Gasteiger partial charge on any atom is 0.313 e. The van der Waals surface area contributed by atoms with E-state index in [4.69, 9.17) is 0 Å². The van der Waals surface area contributed by atoms with Crippen LogP contribution in [-0.2, 0) is 16.6 Å². The van der Waals surface area contributed by atoms with E-state index in [9.17, 15) is 9.59 Å². The average molecular weight is 398 g/mol. The van der Waals surface area contributed by atoms with Gasteiger partial charge in [0.25, 0.3) is 0 Å². The monoisotopic (exact) mass is 397 g/mol. The lowest BCUT2D eigenvalue weighted by molar-refractivity contribution is -0.136. The number of hydrogen-bond acceptors (Lipinski definition) is 4. The molecule has 1 aromatic heterocycles. The summed E-state index contributed by atoms with van der Waals surface area (Å²) < 4.78 is 2.07. The van der Waals surface area contributed by atoms with Crippen molar-refractivity contribution in [1.29, 1.82) is 0 Å². The third-order valence-electron chi connectivity index (χ3n) is 5.45. The number of nitrogens with one attached hydrogen (secondary N) is 2. The number of benzene rings is 1. The maximum atomic E-state index is 12.5. The number of aromatic nitrogens is 1. The van der Waals surface area contributed by atoms with Gasteiger partial charge in [-0.1, -0.05) is 6.07 Å². The van der Waals surface area contributed by atoms with Gasteiger partial charge in [-0.2, -0.15) is 0 Å². The topological polar surface area (TPSA) is 69.6 Å². The van der Waals surface area contributed by atoms with Gasteiger partial charge in [0.2, 0.25) is 0 Å². The van der Waals surface area contributed by atoms with E-state index in [1.54, 1.807) is 0 Å². The lowest BCUT2D eigenvalue weighted by Gasteiger charge is -2.38. The number of hydrogen-bond donors (Lipinski definition) is 2. The van der Waals surface area contributed by atoms with E-state index < -0.39 is 11.8 Å². The molecule has 1 unspecified atom stereocenters. The molecular formula is C22H31N5O2. The van der Waals surface area contributed by atoms with Crippen molar-refractivity contribution in [1.82, 2.24) is 19.7 Å². The molecule has 0 spiro atoms. The SMILES string of the molecule is Cc1cc(C)cc(NC(=O)C(=O)NCC(c2cccn2C)N2CCN(C)CC2)c1. The van der Waals surface area contributed by atoms with Crippen LogP contribution >= 0.6 is 0 Å². The molecule has 156 valence electrons. The van der Waals surface area contributed by atoms with E-state index >= 15 is 0 Å². The molecule has 1 aromatic carbocycles. The smallest absolute Gasteiger partial charge is 0.313 e. The highest BCUT2D eigenvalue weighted by atomic mass is 16.2. The summed E-state index contributed by atoms with van der Waals surface area (Å²) in [5, 5.41) is 5.54. The minimum absolute atomic E-state index is 0.0293. The summed E-state index contributed by atoms with van der Waals surface area (Å²) in [5.74, 6) is -1.25. The van der Waals surface area contributed by atoms with E-state index in [1.807, 2.05) is 51.4 Å². The molecule has 0 saturated carbocycles. The van der Waals surface area contributed by atoms with Crippen LogP contribution in [0, 0.1) is 13.8 Å². The number of nitrogens with zero attached hydrogens (tertiary/aromatic N) is 3. The maximum absolute atomic E-state index is 12.5. The van der Waals surface area contributed by atoms with Crippen molar-refractivity contribution in [3.8, 4) is 0 Å². The van der Waals surface area contributed by atoms with E-state index in [-0.39, 0.29) is 6.04 Å². The van der Waals surface area contributed by atoms with Gasteiger partial charge in [-0.3, -0.25) is 14.5 Å². The molecular weight excluding hydrogens is 366 g/mol. The quantitative estimate of drug-likeness (QED) is 0.754. The summed E-state index contributed by atoms with van der Waals surface area (Å²) in [5.41, 5.74) is 3.85. The predicted octanol–water partition coefficient (Wildman–Crippen LogP) is 1.69. The normalized spacial score (nSPS) is 16.4. The molecule has 1 aliphatic rings. The first-order valence-corrected chi connectivity index (χ1v) is 10.0.